The highest BCUT2D eigenvalue weighted by Crippen LogP contribution is 2.40. The van der Waals surface area contributed by atoms with Gasteiger partial charge in [-0.15, -0.1) is 0 Å². The van der Waals surface area contributed by atoms with Crippen LogP contribution in [0.2, 0.25) is 0 Å². The van der Waals surface area contributed by atoms with Gasteiger partial charge in [0.05, 0.1) is 0 Å². The number of nitrogens with zero attached hydrogens (tertiary/aromatic N) is 1. The number of hydrogen-bond acceptors (Lipinski definition) is 3. The van der Waals surface area contributed by atoms with E-state index in [4.69, 9.17) is 5.73 Å². The minimum Gasteiger partial charge on any atom is -0.329 e. The van der Waals surface area contributed by atoms with E-state index < -0.39 is 0 Å². The van der Waals surface area contributed by atoms with Crippen LogP contribution in [0.25, 0.3) is 0 Å². The van der Waals surface area contributed by atoms with Crippen molar-refractivity contribution in [3.8, 4) is 0 Å². The predicted octanol–water partition coefficient (Wildman–Crippen LogP) is 2.33. The normalized spacial score (nSPS) is 37.5. The number of thioether (sulfide) groups is 1. The van der Waals surface area contributed by atoms with Gasteiger partial charge in [-0.2, -0.15) is 11.8 Å². The smallest absolute Gasteiger partial charge is 0.0334 e. The Labute approximate surface area is 104 Å². The lowest BCUT2D eigenvalue weighted by Crippen LogP contribution is -2.53. The summed E-state index contributed by atoms with van der Waals surface area (Å²) < 4.78 is 0. The number of rotatable bonds is 3. The summed E-state index contributed by atoms with van der Waals surface area (Å²) in [7, 11) is 0. The number of nitrogens with two attached hydrogens (primary N) is 1. The standard InChI is InChI=1S/C13H26N2S/c1-2-12-4-5-13(10-12,11-14)15-6-3-8-16-9-7-15/h12H,2-11,14H2,1H3. The quantitative estimate of drug-likeness (QED) is 0.823. The van der Waals surface area contributed by atoms with Crippen molar-refractivity contribution >= 4 is 11.8 Å². The molecule has 1 heterocycles. The molecule has 94 valence electrons. The second kappa shape index (κ2) is 5.74. The molecule has 0 aromatic carbocycles. The zero-order valence-corrected chi connectivity index (χ0v) is 11.4. The Kier molecular flexibility index (Phi) is 4.57. The van der Waals surface area contributed by atoms with Gasteiger partial charge in [0, 0.05) is 24.4 Å². The maximum atomic E-state index is 6.12. The Bertz CT molecular complexity index is 214. The molecule has 0 amide bonds. The van der Waals surface area contributed by atoms with Crippen LogP contribution in [-0.4, -0.2) is 41.6 Å². The molecule has 2 atom stereocenters. The molecule has 1 saturated carbocycles. The molecule has 2 N–H and O–H groups in total. The van der Waals surface area contributed by atoms with Crippen LogP contribution in [0.5, 0.6) is 0 Å². The lowest BCUT2D eigenvalue weighted by molar-refractivity contribution is 0.104. The molecule has 3 heteroatoms. The average Bonchev–Trinajstić information content (AvgIpc) is 2.56. The Balaban J connectivity index is 2.02. The average molecular weight is 242 g/mol. The Hall–Kier alpha value is 0.270. The van der Waals surface area contributed by atoms with Gasteiger partial charge in [0.2, 0.25) is 0 Å². The van der Waals surface area contributed by atoms with E-state index >= 15 is 0 Å². The van der Waals surface area contributed by atoms with Crippen LogP contribution in [0, 0.1) is 5.92 Å². The first-order valence-corrected chi connectivity index (χ1v) is 7.99. The first-order valence-electron chi connectivity index (χ1n) is 6.83. The van der Waals surface area contributed by atoms with E-state index in [2.05, 4.69) is 23.6 Å². The van der Waals surface area contributed by atoms with E-state index in [9.17, 15) is 0 Å². The first kappa shape index (κ1) is 12.7. The molecule has 16 heavy (non-hydrogen) atoms. The molecule has 2 fully saturated rings. The van der Waals surface area contributed by atoms with Crippen LogP contribution in [-0.2, 0) is 0 Å². The molecule has 1 saturated heterocycles. The van der Waals surface area contributed by atoms with Gasteiger partial charge in [-0.3, -0.25) is 4.90 Å². The lowest BCUT2D eigenvalue weighted by Gasteiger charge is -2.40. The van der Waals surface area contributed by atoms with Crippen molar-refractivity contribution in [2.75, 3.05) is 31.1 Å². The molecule has 2 rings (SSSR count). The van der Waals surface area contributed by atoms with Crippen LogP contribution < -0.4 is 5.73 Å². The van der Waals surface area contributed by atoms with E-state index in [0.29, 0.717) is 5.54 Å². The van der Waals surface area contributed by atoms with Crippen molar-refractivity contribution in [2.45, 2.75) is 44.6 Å². The third-order valence-corrected chi connectivity index (χ3v) is 5.59. The summed E-state index contributed by atoms with van der Waals surface area (Å²) in [6.45, 7) is 5.74. The molecule has 0 radical (unpaired) electrons. The fraction of sp³-hybridized carbons (Fsp3) is 1.00. The second-order valence-electron chi connectivity index (χ2n) is 5.40. The van der Waals surface area contributed by atoms with E-state index in [1.165, 1.54) is 56.7 Å². The fourth-order valence-electron chi connectivity index (χ4n) is 3.38. The summed E-state index contributed by atoms with van der Waals surface area (Å²) in [5.41, 5.74) is 6.49. The molecule has 2 nitrogen and oxygen atoms in total. The van der Waals surface area contributed by atoms with Gasteiger partial charge >= 0.3 is 0 Å². The maximum absolute atomic E-state index is 6.12. The largest absolute Gasteiger partial charge is 0.329 e. The summed E-state index contributed by atoms with van der Waals surface area (Å²) in [6, 6.07) is 0. The van der Waals surface area contributed by atoms with Crippen LogP contribution in [0.3, 0.4) is 0 Å². The zero-order chi connectivity index (χ0) is 11.4. The second-order valence-corrected chi connectivity index (χ2v) is 6.62. The van der Waals surface area contributed by atoms with Gasteiger partial charge in [-0.25, -0.2) is 0 Å². The molecule has 0 spiro atoms. The third kappa shape index (κ3) is 2.57. The van der Waals surface area contributed by atoms with E-state index in [1.54, 1.807) is 0 Å². The molecule has 1 aliphatic heterocycles. The van der Waals surface area contributed by atoms with Crippen molar-refractivity contribution < 1.29 is 0 Å². The van der Waals surface area contributed by atoms with Gasteiger partial charge in [-0.05, 0) is 43.9 Å². The van der Waals surface area contributed by atoms with Crippen LogP contribution in [0.1, 0.15) is 39.0 Å². The van der Waals surface area contributed by atoms with Gasteiger partial charge in [0.1, 0.15) is 0 Å². The summed E-state index contributed by atoms with van der Waals surface area (Å²) in [5.74, 6) is 3.58. The van der Waals surface area contributed by atoms with E-state index in [0.717, 1.165) is 12.5 Å². The minimum absolute atomic E-state index is 0.367. The fourth-order valence-corrected chi connectivity index (χ4v) is 4.27. The zero-order valence-electron chi connectivity index (χ0n) is 10.6. The summed E-state index contributed by atoms with van der Waals surface area (Å²) in [5, 5.41) is 0. The lowest BCUT2D eigenvalue weighted by atomic mass is 9.92. The van der Waals surface area contributed by atoms with Crippen LogP contribution >= 0.6 is 11.8 Å². The van der Waals surface area contributed by atoms with Crippen molar-refractivity contribution in [1.82, 2.24) is 4.90 Å². The SMILES string of the molecule is CCC1CCC(CN)(N2CCCSCC2)C1. The maximum Gasteiger partial charge on any atom is 0.0334 e. The Morgan fingerprint density at radius 2 is 2.25 bits per heavy atom. The topological polar surface area (TPSA) is 29.3 Å². The highest BCUT2D eigenvalue weighted by molar-refractivity contribution is 7.99. The minimum atomic E-state index is 0.367. The molecule has 1 aliphatic carbocycles. The first-order chi connectivity index (χ1) is 7.80. The van der Waals surface area contributed by atoms with Crippen molar-refractivity contribution in [1.29, 1.82) is 0 Å². The molecular weight excluding hydrogens is 216 g/mol. The summed E-state index contributed by atoms with van der Waals surface area (Å²) in [6.07, 6.45) is 6.78. The molecule has 2 aliphatic rings. The highest BCUT2D eigenvalue weighted by Gasteiger charge is 2.41. The molecule has 0 aromatic rings. The third-order valence-electron chi connectivity index (χ3n) is 4.54. The van der Waals surface area contributed by atoms with Crippen molar-refractivity contribution in [3.63, 3.8) is 0 Å². The van der Waals surface area contributed by atoms with Gasteiger partial charge in [-0.1, -0.05) is 13.3 Å². The van der Waals surface area contributed by atoms with Crippen molar-refractivity contribution in [3.05, 3.63) is 0 Å². The van der Waals surface area contributed by atoms with Crippen LogP contribution in [0.15, 0.2) is 0 Å². The molecule has 0 aromatic heterocycles. The molecule has 0 bridgehead atoms. The Morgan fingerprint density at radius 3 is 2.94 bits per heavy atom. The number of hydrogen-bond donors (Lipinski definition) is 1. The van der Waals surface area contributed by atoms with E-state index in [-0.39, 0.29) is 0 Å². The Morgan fingerprint density at radius 1 is 1.38 bits per heavy atom. The summed E-state index contributed by atoms with van der Waals surface area (Å²) >= 11 is 2.11. The monoisotopic (exact) mass is 242 g/mol. The van der Waals surface area contributed by atoms with Crippen molar-refractivity contribution in [2.24, 2.45) is 11.7 Å². The molecule has 2 unspecified atom stereocenters. The van der Waals surface area contributed by atoms with Crippen LogP contribution in [0.4, 0.5) is 0 Å². The molecular formula is C13H26N2S. The van der Waals surface area contributed by atoms with Gasteiger partial charge in [0.25, 0.3) is 0 Å². The highest BCUT2D eigenvalue weighted by atomic mass is 32.2. The summed E-state index contributed by atoms with van der Waals surface area (Å²) in [4.78, 5) is 2.72. The van der Waals surface area contributed by atoms with Gasteiger partial charge < -0.3 is 5.73 Å². The van der Waals surface area contributed by atoms with Gasteiger partial charge in [0.15, 0.2) is 0 Å². The van der Waals surface area contributed by atoms with E-state index in [1.807, 2.05) is 0 Å². The predicted molar refractivity (Wildman–Crippen MR) is 72.9 cm³/mol.